The molecule has 0 radical (unpaired) electrons. The van der Waals surface area contributed by atoms with Gasteiger partial charge in [-0.3, -0.25) is 0 Å². The van der Waals surface area contributed by atoms with Crippen LogP contribution in [-0.2, 0) is 0 Å². The summed E-state index contributed by atoms with van der Waals surface area (Å²) in [7, 11) is 3.09. The molecule has 13 heavy (non-hydrogen) atoms. The second-order valence-corrected chi connectivity index (χ2v) is 3.13. The van der Waals surface area contributed by atoms with Gasteiger partial charge in [-0.1, -0.05) is 15.9 Å². The molecule has 0 aliphatic carbocycles. The summed E-state index contributed by atoms with van der Waals surface area (Å²) in [5.74, 6) is 1.18. The minimum atomic E-state index is 0.461. The molecule has 0 N–H and O–H groups in total. The summed E-state index contributed by atoms with van der Waals surface area (Å²) in [6.45, 7) is 6.93. The van der Waals surface area contributed by atoms with Crippen molar-refractivity contribution in [1.82, 2.24) is 0 Å². The van der Waals surface area contributed by atoms with Crippen LogP contribution in [0.25, 0.3) is 4.85 Å². The Morgan fingerprint density at radius 3 is 2.46 bits per heavy atom. The van der Waals surface area contributed by atoms with Crippen LogP contribution in [0.1, 0.15) is 0 Å². The van der Waals surface area contributed by atoms with Crippen molar-refractivity contribution in [2.75, 3.05) is 14.2 Å². The van der Waals surface area contributed by atoms with Crippen molar-refractivity contribution < 1.29 is 9.47 Å². The monoisotopic (exact) mass is 241 g/mol. The average Bonchev–Trinajstić information content (AvgIpc) is 2.16. The molecule has 0 amide bonds. The van der Waals surface area contributed by atoms with Gasteiger partial charge >= 0.3 is 0 Å². The van der Waals surface area contributed by atoms with Crippen LogP contribution in [0.3, 0.4) is 0 Å². The Hall–Kier alpha value is -1.21. The molecule has 0 saturated heterocycles. The van der Waals surface area contributed by atoms with E-state index in [1.165, 1.54) is 7.11 Å². The molecule has 68 valence electrons. The summed E-state index contributed by atoms with van der Waals surface area (Å²) >= 11 is 3.27. The lowest BCUT2D eigenvalue weighted by Gasteiger charge is -2.07. The summed E-state index contributed by atoms with van der Waals surface area (Å²) in [6, 6.07) is 3.41. The molecule has 0 spiro atoms. The summed E-state index contributed by atoms with van der Waals surface area (Å²) < 4.78 is 10.7. The van der Waals surface area contributed by atoms with Crippen LogP contribution in [0.2, 0.25) is 0 Å². The van der Waals surface area contributed by atoms with Crippen LogP contribution in [0.5, 0.6) is 11.5 Å². The molecule has 0 aliphatic rings. The highest BCUT2D eigenvalue weighted by atomic mass is 79.9. The molecule has 0 atom stereocenters. The molecule has 1 aromatic rings. The number of hydrogen-bond acceptors (Lipinski definition) is 2. The Balaban J connectivity index is 3.31. The average molecular weight is 242 g/mol. The van der Waals surface area contributed by atoms with Gasteiger partial charge in [-0.05, 0) is 6.07 Å². The smallest absolute Gasteiger partial charge is 0.242 e. The zero-order valence-corrected chi connectivity index (χ0v) is 8.88. The Labute approximate surface area is 85.2 Å². The third kappa shape index (κ3) is 1.93. The number of nitrogens with zero attached hydrogens (tertiary/aromatic N) is 1. The van der Waals surface area contributed by atoms with Crippen molar-refractivity contribution in [3.8, 4) is 11.5 Å². The van der Waals surface area contributed by atoms with E-state index in [9.17, 15) is 0 Å². The Bertz CT molecular complexity index is 357. The predicted molar refractivity (Wildman–Crippen MR) is 53.5 cm³/mol. The number of ether oxygens (including phenoxy) is 2. The van der Waals surface area contributed by atoms with Crippen LogP contribution >= 0.6 is 15.9 Å². The van der Waals surface area contributed by atoms with E-state index in [1.807, 2.05) is 0 Å². The SMILES string of the molecule is [C-]#[N+]c1c(Br)cc(OC)cc1OC. The number of benzene rings is 1. The van der Waals surface area contributed by atoms with E-state index in [1.54, 1.807) is 19.2 Å². The Kier molecular flexibility index (Phi) is 3.15. The molecular weight excluding hydrogens is 234 g/mol. The molecule has 0 bridgehead atoms. The normalized spacial score (nSPS) is 9.08. The van der Waals surface area contributed by atoms with E-state index in [0.29, 0.717) is 21.7 Å². The zero-order chi connectivity index (χ0) is 9.84. The lowest BCUT2D eigenvalue weighted by atomic mass is 10.3. The lowest BCUT2D eigenvalue weighted by Crippen LogP contribution is -1.87. The molecule has 1 rings (SSSR count). The molecule has 0 heterocycles. The zero-order valence-electron chi connectivity index (χ0n) is 7.30. The maximum absolute atomic E-state index is 6.93. The Morgan fingerprint density at radius 2 is 2.00 bits per heavy atom. The fourth-order valence-corrected chi connectivity index (χ4v) is 1.44. The van der Waals surface area contributed by atoms with Gasteiger partial charge in [0.25, 0.3) is 0 Å². The first-order valence-electron chi connectivity index (χ1n) is 3.52. The van der Waals surface area contributed by atoms with Crippen molar-refractivity contribution in [1.29, 1.82) is 0 Å². The predicted octanol–water partition coefficient (Wildman–Crippen LogP) is 3.02. The third-order valence-electron chi connectivity index (χ3n) is 1.57. The van der Waals surface area contributed by atoms with E-state index < -0.39 is 0 Å². The first kappa shape index (κ1) is 9.87. The minimum absolute atomic E-state index is 0.461. The first-order chi connectivity index (χ1) is 6.22. The number of methoxy groups -OCH3 is 2. The van der Waals surface area contributed by atoms with Gasteiger partial charge in [0.05, 0.1) is 20.8 Å². The van der Waals surface area contributed by atoms with Gasteiger partial charge in [-0.15, -0.1) is 0 Å². The van der Waals surface area contributed by atoms with Gasteiger partial charge in [0.2, 0.25) is 5.69 Å². The summed E-state index contributed by atoms with van der Waals surface area (Å²) in [5, 5.41) is 0. The van der Waals surface area contributed by atoms with E-state index >= 15 is 0 Å². The standard InChI is InChI=1S/C9H8BrNO2/c1-11-9-7(10)4-6(12-2)5-8(9)13-3/h4-5H,2-3H3. The number of rotatable bonds is 2. The van der Waals surface area contributed by atoms with Gasteiger partial charge in [-0.2, -0.15) is 0 Å². The molecular formula is C9H8BrNO2. The fraction of sp³-hybridized carbons (Fsp3) is 0.222. The van der Waals surface area contributed by atoms with Gasteiger partial charge in [-0.25, -0.2) is 4.85 Å². The highest BCUT2D eigenvalue weighted by molar-refractivity contribution is 9.10. The summed E-state index contributed by atoms with van der Waals surface area (Å²) in [4.78, 5) is 3.34. The molecule has 3 nitrogen and oxygen atoms in total. The molecule has 0 saturated carbocycles. The second kappa shape index (κ2) is 4.15. The van der Waals surface area contributed by atoms with Crippen LogP contribution < -0.4 is 9.47 Å². The maximum Gasteiger partial charge on any atom is 0.242 e. The summed E-state index contributed by atoms with van der Waals surface area (Å²) in [6.07, 6.45) is 0. The molecule has 1 aromatic carbocycles. The Morgan fingerprint density at radius 1 is 1.31 bits per heavy atom. The topological polar surface area (TPSA) is 22.8 Å². The van der Waals surface area contributed by atoms with Crippen molar-refractivity contribution in [2.45, 2.75) is 0 Å². The second-order valence-electron chi connectivity index (χ2n) is 2.27. The number of hydrogen-bond donors (Lipinski definition) is 0. The quantitative estimate of drug-likeness (QED) is 0.744. The summed E-state index contributed by atoms with van der Waals surface area (Å²) in [5.41, 5.74) is 0.461. The molecule has 0 aliphatic heterocycles. The molecule has 0 fully saturated rings. The first-order valence-corrected chi connectivity index (χ1v) is 4.31. The van der Waals surface area contributed by atoms with Gasteiger partial charge in [0, 0.05) is 10.5 Å². The van der Waals surface area contributed by atoms with Crippen molar-refractivity contribution >= 4 is 21.6 Å². The van der Waals surface area contributed by atoms with Gasteiger partial charge in [0.1, 0.15) is 11.5 Å². The minimum Gasteiger partial charge on any atom is -0.508 e. The highest BCUT2D eigenvalue weighted by Crippen LogP contribution is 2.38. The third-order valence-corrected chi connectivity index (χ3v) is 2.17. The van der Waals surface area contributed by atoms with Crippen molar-refractivity contribution in [3.63, 3.8) is 0 Å². The maximum atomic E-state index is 6.93. The van der Waals surface area contributed by atoms with Crippen LogP contribution in [0.4, 0.5) is 5.69 Å². The van der Waals surface area contributed by atoms with Crippen molar-refractivity contribution in [3.05, 3.63) is 28.0 Å². The molecule has 0 aromatic heterocycles. The van der Waals surface area contributed by atoms with Crippen LogP contribution in [0, 0.1) is 6.57 Å². The van der Waals surface area contributed by atoms with Crippen molar-refractivity contribution in [2.24, 2.45) is 0 Å². The number of halogens is 1. The van der Waals surface area contributed by atoms with Crippen LogP contribution in [0.15, 0.2) is 16.6 Å². The van der Waals surface area contributed by atoms with Gasteiger partial charge < -0.3 is 9.47 Å². The lowest BCUT2D eigenvalue weighted by molar-refractivity contribution is 0.395. The van der Waals surface area contributed by atoms with E-state index in [0.717, 1.165) is 0 Å². The van der Waals surface area contributed by atoms with E-state index in [4.69, 9.17) is 16.0 Å². The van der Waals surface area contributed by atoms with E-state index in [2.05, 4.69) is 20.8 Å². The largest absolute Gasteiger partial charge is 0.508 e. The van der Waals surface area contributed by atoms with E-state index in [-0.39, 0.29) is 0 Å². The fourth-order valence-electron chi connectivity index (χ4n) is 0.932. The molecule has 0 unspecified atom stereocenters. The van der Waals surface area contributed by atoms with Gasteiger partial charge in [0.15, 0.2) is 0 Å². The molecule has 4 heteroatoms. The highest BCUT2D eigenvalue weighted by Gasteiger charge is 2.09. The van der Waals surface area contributed by atoms with Crippen LogP contribution in [-0.4, -0.2) is 14.2 Å².